The summed E-state index contributed by atoms with van der Waals surface area (Å²) in [6.45, 7) is 1.64. The Bertz CT molecular complexity index is 1330. The molecule has 1 fully saturated rings. The molecule has 0 saturated carbocycles. The molecule has 0 aliphatic carbocycles. The van der Waals surface area contributed by atoms with Crippen molar-refractivity contribution in [3.63, 3.8) is 0 Å². The Labute approximate surface area is 204 Å². The number of halogens is 1. The molecule has 1 aliphatic rings. The van der Waals surface area contributed by atoms with Gasteiger partial charge in [-0.3, -0.25) is 9.52 Å². The van der Waals surface area contributed by atoms with Crippen molar-refractivity contribution in [1.29, 1.82) is 0 Å². The molecule has 1 saturated heterocycles. The predicted molar refractivity (Wildman–Crippen MR) is 136 cm³/mol. The Morgan fingerprint density at radius 2 is 1.77 bits per heavy atom. The Kier molecular flexibility index (Phi) is 7.36. The number of amides is 1. The first-order valence-electron chi connectivity index (χ1n) is 11.1. The molecule has 7 nitrogen and oxygen atoms in total. The number of sulfonamides is 1. The minimum atomic E-state index is -3.91. The summed E-state index contributed by atoms with van der Waals surface area (Å²) in [6, 6.07) is 17.1. The highest BCUT2D eigenvalue weighted by Crippen LogP contribution is 2.32. The molecule has 0 bridgehead atoms. The number of hydrogen-bond donors (Lipinski definition) is 2. The van der Waals surface area contributed by atoms with Crippen molar-refractivity contribution < 1.29 is 22.3 Å². The number of nitrogens with one attached hydrogen (secondary N) is 2. The third-order valence-corrected chi connectivity index (χ3v) is 6.98. The van der Waals surface area contributed by atoms with Crippen molar-refractivity contribution in [3.05, 3.63) is 84.2 Å². The molecule has 1 aliphatic heterocycles. The molecule has 0 atom stereocenters. The van der Waals surface area contributed by atoms with Crippen LogP contribution in [0.25, 0.3) is 6.08 Å². The van der Waals surface area contributed by atoms with Crippen LogP contribution in [0, 0.1) is 5.82 Å². The Hall–Kier alpha value is -3.85. The molecule has 0 unspecified atom stereocenters. The fraction of sp³-hybridized carbons (Fsp3) is 0.192. The van der Waals surface area contributed by atoms with Gasteiger partial charge in [0.15, 0.2) is 0 Å². The van der Waals surface area contributed by atoms with E-state index in [9.17, 15) is 17.6 Å². The monoisotopic (exact) mass is 495 g/mol. The van der Waals surface area contributed by atoms with E-state index in [2.05, 4.69) is 14.9 Å². The largest absolute Gasteiger partial charge is 0.497 e. The zero-order valence-corrected chi connectivity index (χ0v) is 20.0. The zero-order chi connectivity index (χ0) is 24.8. The Morgan fingerprint density at radius 1 is 1.03 bits per heavy atom. The van der Waals surface area contributed by atoms with E-state index >= 15 is 0 Å². The number of anilines is 3. The lowest BCUT2D eigenvalue weighted by Gasteiger charge is -2.22. The van der Waals surface area contributed by atoms with E-state index in [1.54, 1.807) is 42.5 Å². The molecule has 0 spiro atoms. The fourth-order valence-electron chi connectivity index (χ4n) is 3.85. The van der Waals surface area contributed by atoms with Crippen LogP contribution < -0.4 is 19.7 Å². The maximum Gasteiger partial charge on any atom is 0.261 e. The van der Waals surface area contributed by atoms with Gasteiger partial charge in [-0.1, -0.05) is 12.1 Å². The summed E-state index contributed by atoms with van der Waals surface area (Å²) in [5.41, 5.74) is 2.06. The summed E-state index contributed by atoms with van der Waals surface area (Å²) in [7, 11) is -2.38. The van der Waals surface area contributed by atoms with Crippen LogP contribution in [0.4, 0.5) is 21.5 Å². The van der Waals surface area contributed by atoms with Gasteiger partial charge < -0.3 is 15.0 Å². The van der Waals surface area contributed by atoms with E-state index in [1.165, 1.54) is 43.5 Å². The summed E-state index contributed by atoms with van der Waals surface area (Å²) in [5.74, 6) is -0.238. The molecule has 35 heavy (non-hydrogen) atoms. The van der Waals surface area contributed by atoms with Gasteiger partial charge in [0.05, 0.1) is 23.4 Å². The lowest BCUT2D eigenvalue weighted by Crippen LogP contribution is -2.21. The van der Waals surface area contributed by atoms with Gasteiger partial charge in [-0.15, -0.1) is 0 Å². The second-order valence-electron chi connectivity index (χ2n) is 8.08. The molecule has 4 rings (SSSR count). The molecule has 1 heterocycles. The number of ether oxygens (including phenoxy) is 1. The lowest BCUT2D eigenvalue weighted by molar-refractivity contribution is -0.111. The Morgan fingerprint density at radius 3 is 2.46 bits per heavy atom. The summed E-state index contributed by atoms with van der Waals surface area (Å²) in [4.78, 5) is 14.8. The molecule has 3 aromatic carbocycles. The number of hydrogen-bond acceptors (Lipinski definition) is 5. The van der Waals surface area contributed by atoms with Gasteiger partial charge in [0.1, 0.15) is 11.6 Å². The normalized spacial score (nSPS) is 13.7. The van der Waals surface area contributed by atoms with Crippen molar-refractivity contribution in [2.24, 2.45) is 0 Å². The van der Waals surface area contributed by atoms with Crippen molar-refractivity contribution in [2.75, 3.05) is 35.1 Å². The second-order valence-corrected chi connectivity index (χ2v) is 9.77. The number of benzene rings is 3. The molecular weight excluding hydrogens is 469 g/mol. The quantitative estimate of drug-likeness (QED) is 0.435. The molecule has 2 N–H and O–H groups in total. The highest BCUT2D eigenvalue weighted by Gasteiger charge is 2.21. The molecule has 9 heteroatoms. The second kappa shape index (κ2) is 10.6. The number of nitrogens with zero attached hydrogens (tertiary/aromatic N) is 1. The summed E-state index contributed by atoms with van der Waals surface area (Å²) in [6.07, 6.45) is 4.83. The molecule has 182 valence electrons. The van der Waals surface area contributed by atoms with Crippen LogP contribution in [-0.2, 0) is 14.8 Å². The zero-order valence-electron chi connectivity index (χ0n) is 19.2. The lowest BCUT2D eigenvalue weighted by atomic mass is 10.2. The minimum absolute atomic E-state index is 0.0145. The third kappa shape index (κ3) is 6.19. The van der Waals surface area contributed by atoms with Crippen molar-refractivity contribution in [1.82, 2.24) is 0 Å². The van der Waals surface area contributed by atoms with Crippen molar-refractivity contribution >= 4 is 39.1 Å². The number of carbonyl (C=O) groups excluding carboxylic acids is 1. The average Bonchev–Trinajstić information content (AvgIpc) is 3.38. The average molecular weight is 496 g/mol. The first-order valence-corrected chi connectivity index (χ1v) is 12.6. The fourth-order valence-corrected chi connectivity index (χ4v) is 4.93. The number of methoxy groups -OCH3 is 1. The smallest absolute Gasteiger partial charge is 0.261 e. The number of rotatable bonds is 8. The van der Waals surface area contributed by atoms with E-state index in [4.69, 9.17) is 4.74 Å². The van der Waals surface area contributed by atoms with Crippen LogP contribution in [0.1, 0.15) is 18.4 Å². The molecule has 3 aromatic rings. The van der Waals surface area contributed by atoms with Gasteiger partial charge in [0.25, 0.3) is 10.0 Å². The third-order valence-electron chi connectivity index (χ3n) is 5.60. The van der Waals surface area contributed by atoms with Crippen LogP contribution in [0.15, 0.2) is 77.7 Å². The van der Waals surface area contributed by atoms with Gasteiger partial charge in [-0.25, -0.2) is 12.8 Å². The first-order chi connectivity index (χ1) is 16.8. The molecule has 0 aromatic heterocycles. The maximum atomic E-state index is 13.4. The topological polar surface area (TPSA) is 87.7 Å². The van der Waals surface area contributed by atoms with Crippen LogP contribution in [0.2, 0.25) is 0 Å². The van der Waals surface area contributed by atoms with Gasteiger partial charge in [0.2, 0.25) is 5.91 Å². The highest BCUT2D eigenvalue weighted by molar-refractivity contribution is 7.92. The van der Waals surface area contributed by atoms with E-state index in [0.717, 1.165) is 31.6 Å². The van der Waals surface area contributed by atoms with Crippen molar-refractivity contribution in [3.8, 4) is 5.75 Å². The summed E-state index contributed by atoms with van der Waals surface area (Å²) < 4.78 is 47.2. The van der Waals surface area contributed by atoms with Crippen LogP contribution >= 0.6 is 0 Å². The molecular formula is C26H26FN3O4S. The van der Waals surface area contributed by atoms with Gasteiger partial charge in [-0.2, -0.15) is 0 Å². The summed E-state index contributed by atoms with van der Waals surface area (Å²) in [5, 5.41) is 2.79. The van der Waals surface area contributed by atoms with Crippen LogP contribution in [-0.4, -0.2) is 34.5 Å². The van der Waals surface area contributed by atoms with Gasteiger partial charge >= 0.3 is 0 Å². The summed E-state index contributed by atoms with van der Waals surface area (Å²) >= 11 is 0. The van der Waals surface area contributed by atoms with Gasteiger partial charge in [-0.05, 0) is 79.1 Å². The van der Waals surface area contributed by atoms with E-state index in [0.29, 0.717) is 22.7 Å². The SMILES string of the molecule is COc1ccc(NS(=O)(=O)c2ccc(N3CCCC3)c(NC(=O)C=Cc3cccc(F)c3)c2)cc1. The van der Waals surface area contributed by atoms with E-state index in [1.807, 2.05) is 0 Å². The standard InChI is InChI=1S/C26H26FN3O4S/c1-34-22-10-8-21(9-11-22)29-35(32,33)23-12-13-25(30-15-2-3-16-30)24(18-23)28-26(31)14-7-19-5-4-6-20(27)17-19/h4-14,17-18,29H,2-3,15-16H2,1H3,(H,28,31). The van der Waals surface area contributed by atoms with Crippen LogP contribution in [0.5, 0.6) is 5.75 Å². The first kappa shape index (κ1) is 24.3. The number of carbonyl (C=O) groups is 1. The Balaban J connectivity index is 1.59. The van der Waals surface area contributed by atoms with Crippen molar-refractivity contribution in [2.45, 2.75) is 17.7 Å². The van der Waals surface area contributed by atoms with E-state index in [-0.39, 0.29) is 4.90 Å². The van der Waals surface area contributed by atoms with E-state index < -0.39 is 21.7 Å². The van der Waals surface area contributed by atoms with Gasteiger partial charge in [0, 0.05) is 24.9 Å². The van der Waals surface area contributed by atoms with Crippen LogP contribution in [0.3, 0.4) is 0 Å². The minimum Gasteiger partial charge on any atom is -0.497 e. The predicted octanol–water partition coefficient (Wildman–Crippen LogP) is 4.89. The highest BCUT2D eigenvalue weighted by atomic mass is 32.2. The molecule has 0 radical (unpaired) electrons. The molecule has 1 amide bonds. The maximum absolute atomic E-state index is 13.4.